The molecule has 8 heteroatoms. The van der Waals surface area contributed by atoms with Gasteiger partial charge in [0.2, 0.25) is 11.8 Å². The predicted molar refractivity (Wildman–Crippen MR) is 101 cm³/mol. The maximum Gasteiger partial charge on any atom is 0.254 e. The molecule has 2 N–H and O–H groups in total. The first-order valence-corrected chi connectivity index (χ1v) is 9.99. The van der Waals surface area contributed by atoms with E-state index >= 15 is 0 Å². The molecule has 1 aliphatic carbocycles. The summed E-state index contributed by atoms with van der Waals surface area (Å²) in [6, 6.07) is -0.0412. The van der Waals surface area contributed by atoms with Gasteiger partial charge in [-0.1, -0.05) is 20.8 Å². The lowest BCUT2D eigenvalue weighted by molar-refractivity contribution is -0.161. The average Bonchev–Trinajstić information content (AvgIpc) is 3.09. The third kappa shape index (κ3) is 4.36. The number of amides is 2. The molecule has 2 amide bonds. The third-order valence-electron chi connectivity index (χ3n) is 5.99. The van der Waals surface area contributed by atoms with Crippen molar-refractivity contribution in [3.8, 4) is 0 Å². The summed E-state index contributed by atoms with van der Waals surface area (Å²) in [4.78, 5) is 26.7. The Hall–Kier alpha value is -1.99. The van der Waals surface area contributed by atoms with Crippen LogP contribution >= 0.6 is 0 Å². The molecule has 2 fully saturated rings. The van der Waals surface area contributed by atoms with E-state index in [2.05, 4.69) is 15.5 Å². The summed E-state index contributed by atoms with van der Waals surface area (Å²) in [5, 5.41) is 10.00. The average molecular weight is 396 g/mol. The number of carbonyl (C=O) groups excluding carboxylic acids is 2. The fourth-order valence-corrected chi connectivity index (χ4v) is 4.15. The Bertz CT molecular complexity index is 725. The summed E-state index contributed by atoms with van der Waals surface area (Å²) >= 11 is 0. The number of hydrogen-bond acceptors (Lipinski definition) is 3. The van der Waals surface area contributed by atoms with E-state index in [4.69, 9.17) is 0 Å². The highest BCUT2D eigenvalue weighted by atomic mass is 19.3. The molecule has 28 heavy (non-hydrogen) atoms. The largest absolute Gasteiger partial charge is 0.349 e. The molecular formula is C20H30F2N4O2. The van der Waals surface area contributed by atoms with Crippen molar-refractivity contribution in [1.82, 2.24) is 20.4 Å². The Morgan fingerprint density at radius 3 is 2.43 bits per heavy atom. The number of aromatic amines is 1. The lowest BCUT2D eigenvalue weighted by atomic mass is 9.79. The molecule has 0 bridgehead atoms. The molecule has 156 valence electrons. The summed E-state index contributed by atoms with van der Waals surface area (Å²) in [7, 11) is 0. The number of nitrogens with one attached hydrogen (secondary N) is 2. The summed E-state index contributed by atoms with van der Waals surface area (Å²) in [6.45, 7) is 9.15. The molecule has 0 radical (unpaired) electrons. The number of halogens is 2. The highest BCUT2D eigenvalue weighted by Gasteiger charge is 2.50. The van der Waals surface area contributed by atoms with Crippen LogP contribution in [0.2, 0.25) is 0 Å². The minimum absolute atomic E-state index is 0.0412. The first kappa shape index (κ1) is 20.7. The van der Waals surface area contributed by atoms with Crippen LogP contribution < -0.4 is 5.32 Å². The number of hydrogen-bond donors (Lipinski definition) is 2. The standard InChI is InChI=1S/C20H30F2N4O2/c1-12(24-17(27)15-11-23-25-16(15)19(2,3)4)13-5-7-26(8-6-13)18(28)14-9-20(21,22)10-14/h11-14H,5-10H2,1-4H3,(H,23,25)(H,24,27)/t12-/m1/s1. The zero-order valence-electron chi connectivity index (χ0n) is 17.0. The summed E-state index contributed by atoms with van der Waals surface area (Å²) in [5.41, 5.74) is 1.14. The fourth-order valence-electron chi connectivity index (χ4n) is 4.15. The van der Waals surface area contributed by atoms with Crippen LogP contribution in [0.1, 0.15) is 69.4 Å². The quantitative estimate of drug-likeness (QED) is 0.821. The molecule has 1 aromatic heterocycles. The minimum atomic E-state index is -2.67. The monoisotopic (exact) mass is 396 g/mol. The van der Waals surface area contributed by atoms with Gasteiger partial charge >= 0.3 is 0 Å². The number of nitrogens with zero attached hydrogens (tertiary/aromatic N) is 2. The Kier molecular flexibility index (Phi) is 5.51. The Balaban J connectivity index is 1.50. The summed E-state index contributed by atoms with van der Waals surface area (Å²) in [5.74, 6) is -3.24. The zero-order valence-corrected chi connectivity index (χ0v) is 17.0. The fraction of sp³-hybridized carbons (Fsp3) is 0.750. The molecule has 6 nitrogen and oxygen atoms in total. The van der Waals surface area contributed by atoms with Gasteiger partial charge in [0.05, 0.1) is 17.5 Å². The number of piperidine rings is 1. The van der Waals surface area contributed by atoms with Gasteiger partial charge in [-0.15, -0.1) is 0 Å². The number of carbonyl (C=O) groups is 2. The highest BCUT2D eigenvalue weighted by molar-refractivity contribution is 5.95. The SMILES string of the molecule is C[C@@H](NC(=O)c1cn[nH]c1C(C)(C)C)C1CCN(C(=O)C2CC(F)(F)C2)CC1. The van der Waals surface area contributed by atoms with Gasteiger partial charge < -0.3 is 10.2 Å². The normalized spacial score (nSPS) is 21.9. The molecule has 1 aliphatic heterocycles. The van der Waals surface area contributed by atoms with Gasteiger partial charge in [-0.3, -0.25) is 14.7 Å². The minimum Gasteiger partial charge on any atom is -0.349 e. The molecule has 3 rings (SSSR count). The predicted octanol–water partition coefficient (Wildman–Crippen LogP) is 3.11. The smallest absolute Gasteiger partial charge is 0.254 e. The highest BCUT2D eigenvalue weighted by Crippen LogP contribution is 2.43. The zero-order chi connectivity index (χ0) is 20.7. The van der Waals surface area contributed by atoms with Gasteiger partial charge in [0.1, 0.15) is 0 Å². The van der Waals surface area contributed by atoms with Crippen LogP contribution in [0.5, 0.6) is 0 Å². The number of aromatic nitrogens is 2. The maximum atomic E-state index is 13.0. The van der Waals surface area contributed by atoms with E-state index in [1.165, 1.54) is 0 Å². The van der Waals surface area contributed by atoms with Gasteiger partial charge in [0.25, 0.3) is 5.91 Å². The number of alkyl halides is 2. The van der Waals surface area contributed by atoms with Crippen LogP contribution in [0.25, 0.3) is 0 Å². The molecule has 0 aromatic carbocycles. The van der Waals surface area contributed by atoms with Gasteiger partial charge in [0, 0.05) is 43.3 Å². The van der Waals surface area contributed by atoms with Gasteiger partial charge in [-0.25, -0.2) is 8.78 Å². The van der Waals surface area contributed by atoms with Crippen molar-refractivity contribution in [2.45, 2.75) is 70.8 Å². The van der Waals surface area contributed by atoms with Gasteiger partial charge in [-0.2, -0.15) is 5.10 Å². The topological polar surface area (TPSA) is 78.1 Å². The second-order valence-corrected chi connectivity index (χ2v) is 9.29. The molecule has 0 spiro atoms. The Morgan fingerprint density at radius 1 is 1.29 bits per heavy atom. The van der Waals surface area contributed by atoms with Crippen LogP contribution in [0.4, 0.5) is 8.78 Å². The van der Waals surface area contributed by atoms with E-state index in [0.29, 0.717) is 18.7 Å². The molecule has 0 unspecified atom stereocenters. The summed E-state index contributed by atoms with van der Waals surface area (Å²) in [6.07, 6.45) is 2.43. The van der Waals surface area contributed by atoms with Crippen molar-refractivity contribution in [2.75, 3.05) is 13.1 Å². The molecular weight excluding hydrogens is 366 g/mol. The van der Waals surface area contributed by atoms with Crippen LogP contribution in [-0.4, -0.2) is 52.0 Å². The first-order chi connectivity index (χ1) is 13.0. The van der Waals surface area contributed by atoms with E-state index in [1.807, 2.05) is 27.7 Å². The van der Waals surface area contributed by atoms with Crippen molar-refractivity contribution >= 4 is 11.8 Å². The van der Waals surface area contributed by atoms with Crippen molar-refractivity contribution in [1.29, 1.82) is 0 Å². The lowest BCUT2D eigenvalue weighted by Gasteiger charge is -2.40. The molecule has 1 aromatic rings. The molecule has 1 saturated heterocycles. The second-order valence-electron chi connectivity index (χ2n) is 9.29. The maximum absolute atomic E-state index is 13.0. The molecule has 1 atom stereocenters. The second kappa shape index (κ2) is 7.44. The molecule has 1 saturated carbocycles. The Morgan fingerprint density at radius 2 is 1.89 bits per heavy atom. The van der Waals surface area contributed by atoms with E-state index < -0.39 is 11.8 Å². The van der Waals surface area contributed by atoms with Crippen LogP contribution in [0, 0.1) is 11.8 Å². The van der Waals surface area contributed by atoms with E-state index in [0.717, 1.165) is 18.5 Å². The number of likely N-dealkylation sites (tertiary alicyclic amines) is 1. The Labute approximate surface area is 164 Å². The third-order valence-corrected chi connectivity index (χ3v) is 5.99. The van der Waals surface area contributed by atoms with Crippen molar-refractivity contribution < 1.29 is 18.4 Å². The van der Waals surface area contributed by atoms with Crippen molar-refractivity contribution in [3.05, 3.63) is 17.5 Å². The van der Waals surface area contributed by atoms with Gasteiger partial charge in [-0.05, 0) is 25.7 Å². The van der Waals surface area contributed by atoms with Crippen molar-refractivity contribution in [2.24, 2.45) is 11.8 Å². The van der Waals surface area contributed by atoms with Crippen LogP contribution in [0.15, 0.2) is 6.20 Å². The summed E-state index contributed by atoms with van der Waals surface area (Å²) < 4.78 is 26.0. The molecule has 2 heterocycles. The van der Waals surface area contributed by atoms with E-state index in [-0.39, 0.29) is 42.0 Å². The van der Waals surface area contributed by atoms with Crippen LogP contribution in [-0.2, 0) is 10.2 Å². The molecule has 2 aliphatic rings. The van der Waals surface area contributed by atoms with E-state index in [1.54, 1.807) is 11.1 Å². The van der Waals surface area contributed by atoms with Crippen LogP contribution in [0.3, 0.4) is 0 Å². The lowest BCUT2D eigenvalue weighted by Crippen LogP contribution is -2.50. The number of rotatable bonds is 4. The van der Waals surface area contributed by atoms with Crippen molar-refractivity contribution in [3.63, 3.8) is 0 Å². The van der Waals surface area contributed by atoms with Gasteiger partial charge in [0.15, 0.2) is 0 Å². The first-order valence-electron chi connectivity index (χ1n) is 9.99. The van der Waals surface area contributed by atoms with E-state index in [9.17, 15) is 18.4 Å². The number of H-pyrrole nitrogens is 1.